The van der Waals surface area contributed by atoms with Gasteiger partial charge in [-0.3, -0.25) is 13.8 Å². The maximum absolute atomic E-state index is 12.7. The van der Waals surface area contributed by atoms with Gasteiger partial charge in [0.15, 0.2) is 0 Å². The van der Waals surface area contributed by atoms with Crippen molar-refractivity contribution in [3.05, 3.63) is 36.5 Å². The Morgan fingerprint density at radius 2 is 1.19 bits per heavy atom. The van der Waals surface area contributed by atoms with Gasteiger partial charge < -0.3 is 26.2 Å². The number of carbonyl (C=O) groups is 1. The Balaban J connectivity index is 4.52. The van der Waals surface area contributed by atoms with Crippen LogP contribution in [0.5, 0.6) is 0 Å². The van der Waals surface area contributed by atoms with E-state index >= 15 is 0 Å². The average Bonchev–Trinajstić information content (AvgIpc) is 3.06. The molecule has 282 valence electrons. The second-order valence-corrected chi connectivity index (χ2v) is 14.4. The van der Waals surface area contributed by atoms with Crippen LogP contribution >= 0.6 is 7.82 Å². The predicted molar refractivity (Wildman–Crippen MR) is 200 cm³/mol. The third-order valence-corrected chi connectivity index (χ3v) is 9.24. The van der Waals surface area contributed by atoms with E-state index in [1.165, 1.54) is 83.5 Å². The number of nitrogens with one attached hydrogen (secondary N) is 1. The zero-order valence-corrected chi connectivity index (χ0v) is 31.5. The van der Waals surface area contributed by atoms with Crippen molar-refractivity contribution in [2.45, 2.75) is 180 Å². The van der Waals surface area contributed by atoms with Crippen molar-refractivity contribution < 1.29 is 33.5 Å². The SMILES string of the molecule is CCCCCC/C=C/CC/C=C/CC/C=C/C(O)C(COP(=O)(O)OCCN)NC(=O)CC(O)CCCCCCCCCCCCCC. The van der Waals surface area contributed by atoms with E-state index < -0.39 is 38.6 Å². The van der Waals surface area contributed by atoms with Crippen LogP contribution in [-0.4, -0.2) is 59.0 Å². The van der Waals surface area contributed by atoms with Crippen molar-refractivity contribution in [3.8, 4) is 0 Å². The number of phosphoric ester groups is 1. The molecule has 0 aliphatic rings. The van der Waals surface area contributed by atoms with Crippen LogP contribution in [0.15, 0.2) is 36.5 Å². The average molecular weight is 701 g/mol. The molecule has 0 spiro atoms. The van der Waals surface area contributed by atoms with E-state index in [1.807, 2.05) is 6.08 Å². The summed E-state index contributed by atoms with van der Waals surface area (Å²) in [4.78, 5) is 22.6. The number of phosphoric acid groups is 1. The molecular weight excluding hydrogens is 627 g/mol. The molecule has 6 N–H and O–H groups in total. The Hall–Kier alpha value is -1.32. The first-order valence-electron chi connectivity index (χ1n) is 19.2. The monoisotopic (exact) mass is 701 g/mol. The summed E-state index contributed by atoms with van der Waals surface area (Å²) in [7, 11) is -4.40. The highest BCUT2D eigenvalue weighted by Crippen LogP contribution is 2.43. The van der Waals surface area contributed by atoms with Crippen LogP contribution in [-0.2, 0) is 18.4 Å². The molecule has 4 atom stereocenters. The van der Waals surface area contributed by atoms with Crippen LogP contribution in [0.1, 0.15) is 162 Å². The molecule has 9 nitrogen and oxygen atoms in total. The molecule has 0 aromatic heterocycles. The zero-order valence-electron chi connectivity index (χ0n) is 30.6. The van der Waals surface area contributed by atoms with Crippen molar-refractivity contribution in [3.63, 3.8) is 0 Å². The van der Waals surface area contributed by atoms with Gasteiger partial charge in [0.1, 0.15) is 0 Å². The Morgan fingerprint density at radius 1 is 0.708 bits per heavy atom. The number of amides is 1. The molecule has 4 unspecified atom stereocenters. The van der Waals surface area contributed by atoms with Crippen LogP contribution in [0.2, 0.25) is 0 Å². The molecule has 0 saturated heterocycles. The lowest BCUT2D eigenvalue weighted by Gasteiger charge is -2.24. The van der Waals surface area contributed by atoms with E-state index in [0.717, 1.165) is 44.9 Å². The predicted octanol–water partition coefficient (Wildman–Crippen LogP) is 8.97. The van der Waals surface area contributed by atoms with Gasteiger partial charge in [-0.1, -0.05) is 147 Å². The largest absolute Gasteiger partial charge is 0.472 e. The fourth-order valence-corrected chi connectivity index (χ4v) is 6.08. The maximum Gasteiger partial charge on any atom is 0.472 e. The topological polar surface area (TPSA) is 151 Å². The summed E-state index contributed by atoms with van der Waals surface area (Å²) in [6.07, 6.45) is 35.1. The summed E-state index contributed by atoms with van der Waals surface area (Å²) in [5, 5.41) is 23.9. The molecular formula is C38H73N2O7P. The van der Waals surface area contributed by atoms with E-state index in [2.05, 4.69) is 43.5 Å². The Labute approximate surface area is 293 Å². The van der Waals surface area contributed by atoms with Crippen LogP contribution < -0.4 is 11.1 Å². The van der Waals surface area contributed by atoms with Crippen molar-refractivity contribution in [2.75, 3.05) is 19.8 Å². The molecule has 0 aromatic rings. The molecule has 0 rings (SSSR count). The highest BCUT2D eigenvalue weighted by molar-refractivity contribution is 7.47. The number of hydrogen-bond acceptors (Lipinski definition) is 7. The highest BCUT2D eigenvalue weighted by atomic mass is 31.2. The Bertz CT molecular complexity index is 868. The van der Waals surface area contributed by atoms with Gasteiger partial charge in [-0.2, -0.15) is 0 Å². The first-order valence-corrected chi connectivity index (χ1v) is 20.7. The Kier molecular flexibility index (Phi) is 33.2. The summed E-state index contributed by atoms with van der Waals surface area (Å²) in [6, 6.07) is -1.00. The summed E-state index contributed by atoms with van der Waals surface area (Å²) < 4.78 is 22.0. The minimum atomic E-state index is -4.40. The van der Waals surface area contributed by atoms with Gasteiger partial charge in [0, 0.05) is 6.54 Å². The number of unbranched alkanes of at least 4 members (excludes halogenated alkanes) is 17. The molecule has 0 aromatic carbocycles. The van der Waals surface area contributed by atoms with E-state index in [9.17, 15) is 24.5 Å². The van der Waals surface area contributed by atoms with Crippen molar-refractivity contribution in [1.29, 1.82) is 0 Å². The van der Waals surface area contributed by atoms with Gasteiger partial charge in [-0.05, 0) is 44.9 Å². The molecule has 0 heterocycles. The first kappa shape index (κ1) is 46.7. The van der Waals surface area contributed by atoms with E-state index in [0.29, 0.717) is 12.8 Å². The highest BCUT2D eigenvalue weighted by Gasteiger charge is 2.27. The van der Waals surface area contributed by atoms with Gasteiger partial charge in [-0.15, -0.1) is 0 Å². The van der Waals surface area contributed by atoms with Crippen LogP contribution in [0.25, 0.3) is 0 Å². The smallest absolute Gasteiger partial charge is 0.393 e. The summed E-state index contributed by atoms with van der Waals surface area (Å²) in [6.45, 7) is 3.89. The van der Waals surface area contributed by atoms with Crippen molar-refractivity contribution >= 4 is 13.7 Å². The minimum absolute atomic E-state index is 0.0425. The zero-order chi connectivity index (χ0) is 35.6. The molecule has 1 amide bonds. The molecule has 0 fully saturated rings. The Morgan fingerprint density at radius 3 is 1.73 bits per heavy atom. The minimum Gasteiger partial charge on any atom is -0.393 e. The molecule has 0 aliphatic heterocycles. The van der Waals surface area contributed by atoms with Gasteiger partial charge in [0.25, 0.3) is 0 Å². The first-order chi connectivity index (χ1) is 23.3. The number of nitrogens with two attached hydrogens (primary N) is 1. The summed E-state index contributed by atoms with van der Waals surface area (Å²) >= 11 is 0. The lowest BCUT2D eigenvalue weighted by Crippen LogP contribution is -2.46. The van der Waals surface area contributed by atoms with Crippen molar-refractivity contribution in [2.24, 2.45) is 5.73 Å². The third-order valence-electron chi connectivity index (χ3n) is 8.25. The fourth-order valence-electron chi connectivity index (χ4n) is 5.32. The number of carbonyl (C=O) groups excluding carboxylic acids is 1. The van der Waals surface area contributed by atoms with Gasteiger partial charge in [-0.25, -0.2) is 4.57 Å². The van der Waals surface area contributed by atoms with Gasteiger partial charge in [0.2, 0.25) is 5.91 Å². The van der Waals surface area contributed by atoms with Crippen LogP contribution in [0.4, 0.5) is 0 Å². The van der Waals surface area contributed by atoms with Crippen LogP contribution in [0, 0.1) is 0 Å². The van der Waals surface area contributed by atoms with E-state index in [1.54, 1.807) is 6.08 Å². The number of aliphatic hydroxyl groups is 2. The second-order valence-electron chi connectivity index (χ2n) is 13.0. The lowest BCUT2D eigenvalue weighted by molar-refractivity contribution is -0.124. The standard InChI is InChI=1S/C38H73N2O7P/c1-3-5-7-9-11-13-15-17-18-20-22-24-26-28-30-37(42)36(34-47-48(44,45)46-32-31-39)40-38(43)33-35(41)29-27-25-23-21-19-16-14-12-10-8-6-4-2/h13,15,20,22,28,30,35-37,41-42H,3-12,14,16-19,21,23-27,29,31-34,39H2,1-2H3,(H,40,43)(H,44,45)/b15-13+,22-20+,30-28+. The summed E-state index contributed by atoms with van der Waals surface area (Å²) in [5.74, 6) is -0.462. The van der Waals surface area contributed by atoms with Gasteiger partial charge in [0.05, 0.1) is 37.9 Å². The lowest BCUT2D eigenvalue weighted by atomic mass is 10.0. The third kappa shape index (κ3) is 31.9. The number of hydrogen-bond donors (Lipinski definition) is 5. The molecule has 0 saturated carbocycles. The molecule has 48 heavy (non-hydrogen) atoms. The summed E-state index contributed by atoms with van der Waals surface area (Å²) in [5.41, 5.74) is 5.34. The second kappa shape index (κ2) is 34.1. The molecule has 10 heteroatoms. The number of allylic oxidation sites excluding steroid dienone is 5. The molecule has 0 bridgehead atoms. The number of rotatable bonds is 35. The van der Waals surface area contributed by atoms with Gasteiger partial charge >= 0.3 is 7.82 Å². The quantitative estimate of drug-likeness (QED) is 0.0250. The van der Waals surface area contributed by atoms with E-state index in [-0.39, 0.29) is 19.6 Å². The number of aliphatic hydroxyl groups excluding tert-OH is 2. The van der Waals surface area contributed by atoms with Crippen molar-refractivity contribution in [1.82, 2.24) is 5.32 Å². The fraction of sp³-hybridized carbons (Fsp3) is 0.816. The molecule has 0 aliphatic carbocycles. The van der Waals surface area contributed by atoms with Crippen LogP contribution in [0.3, 0.4) is 0 Å². The van der Waals surface area contributed by atoms with E-state index in [4.69, 9.17) is 14.8 Å². The maximum atomic E-state index is 12.7. The molecule has 0 radical (unpaired) electrons. The normalized spacial score (nSPS) is 15.4.